The van der Waals surface area contributed by atoms with Crippen LogP contribution in [0.1, 0.15) is 49.4 Å². The highest BCUT2D eigenvalue weighted by atomic mass is 35.5. The van der Waals surface area contributed by atoms with Gasteiger partial charge in [0.25, 0.3) is 0 Å². The average Bonchev–Trinajstić information content (AvgIpc) is 2.95. The van der Waals surface area contributed by atoms with Crippen molar-refractivity contribution in [2.75, 3.05) is 0 Å². The molecule has 0 bridgehead atoms. The lowest BCUT2D eigenvalue weighted by Gasteiger charge is -2.18. The summed E-state index contributed by atoms with van der Waals surface area (Å²) in [6, 6.07) is 12.4. The van der Waals surface area contributed by atoms with Gasteiger partial charge in [0.2, 0.25) is 0 Å². The summed E-state index contributed by atoms with van der Waals surface area (Å²) < 4.78 is 2.26. The number of benzene rings is 2. The smallest absolute Gasteiger partial charge is 0.137 e. The zero-order valence-corrected chi connectivity index (χ0v) is 17.7. The number of carbonyl (C=O) groups is 1. The Morgan fingerprint density at radius 2 is 1.74 bits per heavy atom. The maximum Gasteiger partial charge on any atom is 0.137 e. The van der Waals surface area contributed by atoms with E-state index in [0.29, 0.717) is 18.6 Å². The van der Waals surface area contributed by atoms with Crippen LogP contribution in [-0.2, 0) is 17.8 Å². The molecule has 1 aromatic heterocycles. The van der Waals surface area contributed by atoms with Crippen molar-refractivity contribution in [3.63, 3.8) is 0 Å². The summed E-state index contributed by atoms with van der Waals surface area (Å²) in [7, 11) is 0. The minimum Gasteiger partial charge on any atom is -0.343 e. The average molecular weight is 382 g/mol. The van der Waals surface area contributed by atoms with Crippen LogP contribution in [0.3, 0.4) is 0 Å². The summed E-state index contributed by atoms with van der Waals surface area (Å²) in [5, 5.41) is 1.99. The van der Waals surface area contributed by atoms with E-state index in [9.17, 15) is 4.79 Å². The number of aromatic nitrogens is 1. The Hall–Kier alpha value is -2.06. The van der Waals surface area contributed by atoms with Gasteiger partial charge in [-0.1, -0.05) is 44.5 Å². The van der Waals surface area contributed by atoms with Gasteiger partial charge in [-0.2, -0.15) is 0 Å². The SMILES string of the molecule is Cc1cc2c(ccn2Cc2ccc(Cl)cc2)c(C)c1CC(=O)CC(C)(C)C. The van der Waals surface area contributed by atoms with Gasteiger partial charge in [0, 0.05) is 41.5 Å². The van der Waals surface area contributed by atoms with Gasteiger partial charge >= 0.3 is 0 Å². The molecule has 142 valence electrons. The summed E-state index contributed by atoms with van der Waals surface area (Å²) in [5.41, 5.74) is 6.07. The molecule has 0 spiro atoms. The molecule has 27 heavy (non-hydrogen) atoms. The lowest BCUT2D eigenvalue weighted by atomic mass is 9.86. The highest BCUT2D eigenvalue weighted by Gasteiger charge is 2.19. The third kappa shape index (κ3) is 4.62. The van der Waals surface area contributed by atoms with Gasteiger partial charge in [0.05, 0.1) is 0 Å². The van der Waals surface area contributed by atoms with Crippen LogP contribution in [0.5, 0.6) is 0 Å². The van der Waals surface area contributed by atoms with Crippen molar-refractivity contribution in [1.82, 2.24) is 4.57 Å². The number of halogens is 1. The largest absolute Gasteiger partial charge is 0.343 e. The van der Waals surface area contributed by atoms with Gasteiger partial charge in [-0.25, -0.2) is 0 Å². The molecule has 0 unspecified atom stereocenters. The van der Waals surface area contributed by atoms with E-state index in [2.05, 4.69) is 69.6 Å². The molecule has 0 N–H and O–H groups in total. The van der Waals surface area contributed by atoms with Gasteiger partial charge in [-0.15, -0.1) is 0 Å². The number of carbonyl (C=O) groups excluding carboxylic acids is 1. The molecule has 0 aliphatic rings. The van der Waals surface area contributed by atoms with E-state index in [1.807, 2.05) is 12.1 Å². The molecule has 0 amide bonds. The topological polar surface area (TPSA) is 22.0 Å². The molecule has 0 atom stereocenters. The highest BCUT2D eigenvalue weighted by Crippen LogP contribution is 2.29. The first-order chi connectivity index (χ1) is 12.6. The van der Waals surface area contributed by atoms with E-state index < -0.39 is 0 Å². The second kappa shape index (κ2) is 7.52. The standard InChI is InChI=1S/C24H28ClNO/c1-16-12-23-21(17(2)22(16)13-20(27)14-24(3,4)5)10-11-26(23)15-18-6-8-19(25)9-7-18/h6-12H,13-15H2,1-5H3. The maximum atomic E-state index is 12.5. The van der Waals surface area contributed by atoms with Gasteiger partial charge < -0.3 is 4.57 Å². The van der Waals surface area contributed by atoms with Crippen molar-refractivity contribution in [2.45, 2.75) is 54.0 Å². The molecule has 0 aliphatic carbocycles. The number of hydrogen-bond donors (Lipinski definition) is 0. The van der Waals surface area contributed by atoms with Gasteiger partial charge in [0.1, 0.15) is 5.78 Å². The number of fused-ring (bicyclic) bond motifs is 1. The molecule has 0 saturated heterocycles. The predicted molar refractivity (Wildman–Crippen MR) is 115 cm³/mol. The summed E-state index contributed by atoms with van der Waals surface area (Å²) in [6.07, 6.45) is 3.27. The van der Waals surface area contributed by atoms with Crippen molar-refractivity contribution in [2.24, 2.45) is 5.41 Å². The molecule has 2 nitrogen and oxygen atoms in total. The van der Waals surface area contributed by atoms with E-state index in [1.54, 1.807) is 0 Å². The van der Waals surface area contributed by atoms with Crippen LogP contribution in [0.2, 0.25) is 5.02 Å². The molecule has 0 radical (unpaired) electrons. The Balaban J connectivity index is 1.92. The van der Waals surface area contributed by atoms with Crippen molar-refractivity contribution < 1.29 is 4.79 Å². The van der Waals surface area contributed by atoms with Gasteiger partial charge in [0.15, 0.2) is 0 Å². The van der Waals surface area contributed by atoms with E-state index in [4.69, 9.17) is 11.6 Å². The highest BCUT2D eigenvalue weighted by molar-refractivity contribution is 6.30. The fourth-order valence-electron chi connectivity index (χ4n) is 3.76. The zero-order chi connectivity index (χ0) is 19.8. The molecule has 0 saturated carbocycles. The summed E-state index contributed by atoms with van der Waals surface area (Å²) in [5.74, 6) is 0.314. The van der Waals surface area contributed by atoms with Crippen LogP contribution < -0.4 is 0 Å². The minimum atomic E-state index is 0.0326. The van der Waals surface area contributed by atoms with E-state index in [0.717, 1.165) is 11.6 Å². The number of hydrogen-bond acceptors (Lipinski definition) is 1. The third-order valence-electron chi connectivity index (χ3n) is 5.06. The second-order valence-electron chi connectivity index (χ2n) is 8.75. The number of ketones is 1. The van der Waals surface area contributed by atoms with Crippen LogP contribution in [0, 0.1) is 19.3 Å². The number of nitrogens with zero attached hydrogens (tertiary/aromatic N) is 1. The van der Waals surface area contributed by atoms with Crippen molar-refractivity contribution in [1.29, 1.82) is 0 Å². The van der Waals surface area contributed by atoms with Crippen LogP contribution in [0.25, 0.3) is 10.9 Å². The summed E-state index contributed by atoms with van der Waals surface area (Å²) in [6.45, 7) is 11.4. The second-order valence-corrected chi connectivity index (χ2v) is 9.19. The molecule has 0 fully saturated rings. The Bertz CT molecular complexity index is 974. The summed E-state index contributed by atoms with van der Waals surface area (Å²) >= 11 is 5.99. The maximum absolute atomic E-state index is 12.5. The lowest BCUT2D eigenvalue weighted by Crippen LogP contribution is -2.15. The van der Waals surface area contributed by atoms with Gasteiger partial charge in [-0.05, 0) is 65.8 Å². The molecular formula is C24H28ClNO. The molecule has 0 aliphatic heterocycles. The molecule has 3 heteroatoms. The predicted octanol–water partition coefficient (Wildman–Crippen LogP) is 6.51. The zero-order valence-electron chi connectivity index (χ0n) is 16.9. The van der Waals surface area contributed by atoms with Crippen LogP contribution in [-0.4, -0.2) is 10.4 Å². The first kappa shape index (κ1) is 19.7. The Morgan fingerprint density at radius 1 is 1.07 bits per heavy atom. The molecular weight excluding hydrogens is 354 g/mol. The number of Topliss-reactive ketones (excluding diaryl/α,β-unsaturated/α-hetero) is 1. The summed E-state index contributed by atoms with van der Waals surface area (Å²) in [4.78, 5) is 12.5. The van der Waals surface area contributed by atoms with Crippen molar-refractivity contribution in [3.05, 3.63) is 69.9 Å². The van der Waals surface area contributed by atoms with Crippen molar-refractivity contribution >= 4 is 28.3 Å². The number of rotatable bonds is 5. The number of aryl methyl sites for hydroxylation is 2. The van der Waals surface area contributed by atoms with Crippen LogP contribution in [0.15, 0.2) is 42.6 Å². The van der Waals surface area contributed by atoms with Gasteiger partial charge in [-0.3, -0.25) is 4.79 Å². The fraction of sp³-hybridized carbons (Fsp3) is 0.375. The first-order valence-corrected chi connectivity index (χ1v) is 9.86. The minimum absolute atomic E-state index is 0.0326. The quantitative estimate of drug-likeness (QED) is 0.493. The first-order valence-electron chi connectivity index (χ1n) is 9.48. The monoisotopic (exact) mass is 381 g/mol. The van der Waals surface area contributed by atoms with E-state index in [1.165, 1.54) is 33.2 Å². The van der Waals surface area contributed by atoms with Crippen molar-refractivity contribution in [3.8, 4) is 0 Å². The normalized spacial score (nSPS) is 11.9. The molecule has 1 heterocycles. The molecule has 2 aromatic carbocycles. The van der Waals surface area contributed by atoms with Crippen LogP contribution >= 0.6 is 11.6 Å². The molecule has 3 rings (SSSR count). The van der Waals surface area contributed by atoms with Crippen LogP contribution in [0.4, 0.5) is 0 Å². The Kier molecular flexibility index (Phi) is 5.48. The van der Waals surface area contributed by atoms with E-state index >= 15 is 0 Å². The Morgan fingerprint density at radius 3 is 2.37 bits per heavy atom. The fourth-order valence-corrected chi connectivity index (χ4v) is 3.89. The molecule has 3 aromatic rings. The van der Waals surface area contributed by atoms with E-state index in [-0.39, 0.29) is 5.41 Å². The lowest BCUT2D eigenvalue weighted by molar-refractivity contribution is -0.120. The third-order valence-corrected chi connectivity index (χ3v) is 5.31. The Labute approximate surface area is 167 Å².